The topological polar surface area (TPSA) is 87.9 Å². The number of Topliss-reactive ketones (excluding diaryl/α,β-unsaturated/α-hetero) is 1. The number of para-hydroxylation sites is 1. The second-order valence-electron chi connectivity index (χ2n) is 9.00. The zero-order chi connectivity index (χ0) is 23.8. The van der Waals surface area contributed by atoms with Gasteiger partial charge in [0.1, 0.15) is 23.7 Å². The Kier molecular flexibility index (Phi) is 6.21. The third kappa shape index (κ3) is 4.48. The third-order valence-corrected chi connectivity index (χ3v) is 6.30. The predicted molar refractivity (Wildman–Crippen MR) is 124 cm³/mol. The van der Waals surface area contributed by atoms with Crippen LogP contribution in [0.3, 0.4) is 0 Å². The first kappa shape index (κ1) is 22.9. The van der Waals surface area contributed by atoms with Gasteiger partial charge in [0.05, 0.1) is 13.0 Å². The Balaban J connectivity index is 1.81. The standard InChI is InChI=1S/C26H26ClNO5/c1-26(2)12-18(29)22-20(13-26)33-24(28)23(25(30)31-3)21(22)16-9-5-7-11-19(16)32-14-15-8-4-6-10-17(15)27/h4-11,21H,12-14,28H2,1-3H3. The largest absolute Gasteiger partial charge is 0.489 e. The molecule has 0 amide bonds. The minimum absolute atomic E-state index is 0.0583. The van der Waals surface area contributed by atoms with Crippen molar-refractivity contribution in [3.63, 3.8) is 0 Å². The quantitative estimate of drug-likeness (QED) is 0.621. The smallest absolute Gasteiger partial charge is 0.340 e. The van der Waals surface area contributed by atoms with E-state index in [0.717, 1.165) is 5.56 Å². The summed E-state index contributed by atoms with van der Waals surface area (Å²) < 4.78 is 17.0. The Morgan fingerprint density at radius 2 is 1.85 bits per heavy atom. The zero-order valence-corrected chi connectivity index (χ0v) is 19.6. The molecule has 6 nitrogen and oxygen atoms in total. The molecule has 2 aromatic rings. The van der Waals surface area contributed by atoms with Crippen LogP contribution in [0.15, 0.2) is 71.3 Å². The van der Waals surface area contributed by atoms with Crippen LogP contribution in [-0.2, 0) is 25.7 Å². The first-order valence-corrected chi connectivity index (χ1v) is 11.1. The van der Waals surface area contributed by atoms with E-state index in [-0.39, 0.29) is 29.3 Å². The van der Waals surface area contributed by atoms with E-state index in [1.165, 1.54) is 7.11 Å². The van der Waals surface area contributed by atoms with Gasteiger partial charge in [-0.15, -0.1) is 0 Å². The number of carbonyl (C=O) groups excluding carboxylic acids is 2. The fraction of sp³-hybridized carbons (Fsp3) is 0.308. The van der Waals surface area contributed by atoms with E-state index in [0.29, 0.717) is 40.5 Å². The highest BCUT2D eigenvalue weighted by atomic mass is 35.5. The molecular weight excluding hydrogens is 442 g/mol. The molecule has 0 saturated heterocycles. The van der Waals surface area contributed by atoms with E-state index in [9.17, 15) is 9.59 Å². The van der Waals surface area contributed by atoms with Gasteiger partial charge in [0, 0.05) is 34.6 Å². The molecule has 2 aliphatic rings. The molecule has 2 aromatic carbocycles. The van der Waals surface area contributed by atoms with Gasteiger partial charge >= 0.3 is 5.97 Å². The van der Waals surface area contributed by atoms with Crippen molar-refractivity contribution < 1.29 is 23.8 Å². The number of nitrogens with two attached hydrogens (primary N) is 1. The fourth-order valence-electron chi connectivity index (χ4n) is 4.43. The van der Waals surface area contributed by atoms with Crippen molar-refractivity contribution in [1.29, 1.82) is 0 Å². The monoisotopic (exact) mass is 467 g/mol. The Morgan fingerprint density at radius 3 is 2.58 bits per heavy atom. The van der Waals surface area contributed by atoms with Crippen molar-refractivity contribution >= 4 is 23.4 Å². The van der Waals surface area contributed by atoms with Crippen LogP contribution in [0.4, 0.5) is 0 Å². The lowest BCUT2D eigenvalue weighted by molar-refractivity contribution is -0.136. The van der Waals surface area contributed by atoms with Gasteiger partial charge in [0.2, 0.25) is 5.88 Å². The minimum atomic E-state index is -0.757. The summed E-state index contributed by atoms with van der Waals surface area (Å²) >= 11 is 6.28. The van der Waals surface area contributed by atoms with Gasteiger partial charge in [-0.25, -0.2) is 4.79 Å². The SMILES string of the molecule is COC(=O)C1=C(N)OC2=C(C(=O)CC(C)(C)C2)C1c1ccccc1OCc1ccccc1Cl. The molecule has 1 unspecified atom stereocenters. The molecule has 172 valence electrons. The van der Waals surface area contributed by atoms with Crippen molar-refractivity contribution in [1.82, 2.24) is 0 Å². The summed E-state index contributed by atoms with van der Waals surface area (Å²) in [5.74, 6) is -0.539. The molecule has 0 aromatic heterocycles. The lowest BCUT2D eigenvalue weighted by Crippen LogP contribution is -2.35. The number of rotatable bonds is 5. The molecule has 4 rings (SSSR count). The number of halogens is 1. The summed E-state index contributed by atoms with van der Waals surface area (Å²) in [5, 5.41) is 0.593. The molecule has 0 fully saturated rings. The number of esters is 1. The van der Waals surface area contributed by atoms with Crippen LogP contribution in [0.1, 0.15) is 43.7 Å². The number of methoxy groups -OCH3 is 1. The number of hydrogen-bond donors (Lipinski definition) is 1. The van der Waals surface area contributed by atoms with Crippen LogP contribution >= 0.6 is 11.6 Å². The summed E-state index contributed by atoms with van der Waals surface area (Å²) in [5.41, 5.74) is 7.92. The molecule has 1 atom stereocenters. The second-order valence-corrected chi connectivity index (χ2v) is 9.41. The van der Waals surface area contributed by atoms with Gasteiger partial charge in [0.15, 0.2) is 5.78 Å². The maximum absolute atomic E-state index is 13.3. The Bertz CT molecular complexity index is 1180. The Labute approximate surface area is 198 Å². The van der Waals surface area contributed by atoms with Crippen molar-refractivity contribution in [3.8, 4) is 5.75 Å². The van der Waals surface area contributed by atoms with E-state index >= 15 is 0 Å². The third-order valence-electron chi connectivity index (χ3n) is 5.93. The van der Waals surface area contributed by atoms with E-state index < -0.39 is 11.9 Å². The molecule has 0 saturated carbocycles. The lowest BCUT2D eigenvalue weighted by atomic mass is 9.70. The fourth-order valence-corrected chi connectivity index (χ4v) is 4.62. The zero-order valence-electron chi connectivity index (χ0n) is 18.8. The summed E-state index contributed by atoms with van der Waals surface area (Å²) in [6.07, 6.45) is 0.866. The van der Waals surface area contributed by atoms with Crippen molar-refractivity contribution in [2.24, 2.45) is 11.1 Å². The normalized spacial score (nSPS) is 19.6. The van der Waals surface area contributed by atoms with Gasteiger partial charge < -0.3 is 19.9 Å². The first-order valence-electron chi connectivity index (χ1n) is 10.7. The number of ketones is 1. The van der Waals surface area contributed by atoms with Crippen molar-refractivity contribution in [2.45, 2.75) is 39.2 Å². The molecule has 2 N–H and O–H groups in total. The van der Waals surface area contributed by atoms with Gasteiger partial charge in [-0.1, -0.05) is 61.8 Å². The molecular formula is C26H26ClNO5. The summed E-state index contributed by atoms with van der Waals surface area (Å²) in [7, 11) is 1.27. The molecule has 0 spiro atoms. The van der Waals surface area contributed by atoms with Crippen LogP contribution in [0, 0.1) is 5.41 Å². The van der Waals surface area contributed by atoms with Crippen LogP contribution in [-0.4, -0.2) is 18.9 Å². The van der Waals surface area contributed by atoms with E-state index in [1.54, 1.807) is 12.1 Å². The van der Waals surface area contributed by atoms with Gasteiger partial charge in [0.25, 0.3) is 0 Å². The molecule has 0 radical (unpaired) electrons. The van der Waals surface area contributed by atoms with Crippen molar-refractivity contribution in [3.05, 3.63) is 87.5 Å². The molecule has 7 heteroatoms. The minimum Gasteiger partial charge on any atom is -0.489 e. The average molecular weight is 468 g/mol. The summed E-state index contributed by atoms with van der Waals surface area (Å²) in [4.78, 5) is 26.1. The van der Waals surface area contributed by atoms with Gasteiger partial charge in [-0.05, 0) is 17.5 Å². The summed E-state index contributed by atoms with van der Waals surface area (Å²) in [6.45, 7) is 4.23. The lowest BCUT2D eigenvalue weighted by Gasteiger charge is -2.38. The molecule has 1 aliphatic carbocycles. The molecule has 33 heavy (non-hydrogen) atoms. The first-order chi connectivity index (χ1) is 15.7. The Hall–Kier alpha value is -3.25. The van der Waals surface area contributed by atoms with Crippen LogP contribution in [0.25, 0.3) is 0 Å². The van der Waals surface area contributed by atoms with Crippen molar-refractivity contribution in [2.75, 3.05) is 7.11 Å². The maximum Gasteiger partial charge on any atom is 0.340 e. The highest BCUT2D eigenvalue weighted by Gasteiger charge is 2.45. The molecule has 0 bridgehead atoms. The maximum atomic E-state index is 13.3. The number of ether oxygens (including phenoxy) is 3. The van der Waals surface area contributed by atoms with E-state index in [2.05, 4.69) is 0 Å². The Morgan fingerprint density at radius 1 is 1.15 bits per heavy atom. The predicted octanol–water partition coefficient (Wildman–Crippen LogP) is 5.02. The highest BCUT2D eigenvalue weighted by Crippen LogP contribution is 2.49. The average Bonchev–Trinajstić information content (AvgIpc) is 2.76. The number of benzene rings is 2. The van der Waals surface area contributed by atoms with Crippen LogP contribution < -0.4 is 10.5 Å². The second kappa shape index (κ2) is 8.94. The highest BCUT2D eigenvalue weighted by molar-refractivity contribution is 6.31. The molecule has 1 heterocycles. The van der Waals surface area contributed by atoms with Gasteiger partial charge in [-0.2, -0.15) is 0 Å². The van der Waals surface area contributed by atoms with Crippen LogP contribution in [0.2, 0.25) is 5.02 Å². The molecule has 1 aliphatic heterocycles. The number of hydrogen-bond acceptors (Lipinski definition) is 6. The van der Waals surface area contributed by atoms with Crippen LogP contribution in [0.5, 0.6) is 5.75 Å². The van der Waals surface area contributed by atoms with E-state index in [4.69, 9.17) is 31.5 Å². The number of carbonyl (C=O) groups is 2. The van der Waals surface area contributed by atoms with E-state index in [1.807, 2.05) is 50.2 Å². The number of allylic oxidation sites excluding steroid dienone is 2. The van der Waals surface area contributed by atoms with Gasteiger partial charge in [-0.3, -0.25) is 4.79 Å². The summed E-state index contributed by atoms with van der Waals surface area (Å²) in [6, 6.07) is 14.7.